The van der Waals surface area contributed by atoms with E-state index in [2.05, 4.69) is 21.2 Å². The third kappa shape index (κ3) is 5.82. The first kappa shape index (κ1) is 14.7. The van der Waals surface area contributed by atoms with Crippen LogP contribution in [0.5, 0.6) is 0 Å². The van der Waals surface area contributed by atoms with Gasteiger partial charge in [0.15, 0.2) is 6.61 Å². The van der Waals surface area contributed by atoms with Gasteiger partial charge in [0.25, 0.3) is 5.91 Å². The van der Waals surface area contributed by atoms with Gasteiger partial charge in [-0.2, -0.15) is 0 Å². The van der Waals surface area contributed by atoms with E-state index in [1.54, 1.807) is 0 Å². The molecule has 0 unspecified atom stereocenters. The Hall–Kier alpha value is -1.36. The van der Waals surface area contributed by atoms with Crippen LogP contribution < -0.4 is 5.32 Å². The van der Waals surface area contributed by atoms with Crippen molar-refractivity contribution in [2.24, 2.45) is 0 Å². The van der Waals surface area contributed by atoms with Gasteiger partial charge in [-0.05, 0) is 31.5 Å². The predicted molar refractivity (Wildman–Crippen MR) is 72.1 cm³/mol. The van der Waals surface area contributed by atoms with Gasteiger partial charge in [0.2, 0.25) is 0 Å². The zero-order valence-corrected chi connectivity index (χ0v) is 12.0. The van der Waals surface area contributed by atoms with Crippen LogP contribution in [0.3, 0.4) is 0 Å². The SMILES string of the molecule is CC(C)NC(=O)COC(=O)Cc1ccc(Br)cc1. The molecule has 1 rings (SSSR count). The summed E-state index contributed by atoms with van der Waals surface area (Å²) in [5.74, 6) is -0.689. The minimum atomic E-state index is -0.406. The number of halogens is 1. The minimum Gasteiger partial charge on any atom is -0.455 e. The molecule has 0 fully saturated rings. The standard InChI is InChI=1S/C13H16BrNO3/c1-9(2)15-12(16)8-18-13(17)7-10-3-5-11(14)6-4-10/h3-6,9H,7-8H2,1-2H3,(H,15,16). The Bertz CT molecular complexity index is 415. The zero-order valence-electron chi connectivity index (χ0n) is 10.4. The molecule has 0 heterocycles. The van der Waals surface area contributed by atoms with Crippen LogP contribution in [-0.2, 0) is 20.7 Å². The summed E-state index contributed by atoms with van der Waals surface area (Å²) in [5, 5.41) is 2.65. The third-order valence-electron chi connectivity index (χ3n) is 2.08. The van der Waals surface area contributed by atoms with E-state index in [1.165, 1.54) is 0 Å². The molecule has 4 nitrogen and oxygen atoms in total. The molecule has 1 amide bonds. The van der Waals surface area contributed by atoms with Gasteiger partial charge in [-0.3, -0.25) is 9.59 Å². The van der Waals surface area contributed by atoms with Gasteiger partial charge < -0.3 is 10.1 Å². The number of benzene rings is 1. The van der Waals surface area contributed by atoms with Gasteiger partial charge in [-0.1, -0.05) is 28.1 Å². The van der Waals surface area contributed by atoms with Crippen molar-refractivity contribution < 1.29 is 14.3 Å². The summed E-state index contributed by atoms with van der Waals surface area (Å²) in [6.07, 6.45) is 0.169. The summed E-state index contributed by atoms with van der Waals surface area (Å²) >= 11 is 3.32. The number of carbonyl (C=O) groups excluding carboxylic acids is 2. The second-order valence-corrected chi connectivity index (χ2v) is 5.10. The summed E-state index contributed by atoms with van der Waals surface area (Å²) in [7, 11) is 0. The number of ether oxygens (including phenoxy) is 1. The van der Waals surface area contributed by atoms with E-state index in [0.717, 1.165) is 10.0 Å². The normalized spacial score (nSPS) is 10.2. The van der Waals surface area contributed by atoms with Gasteiger partial charge in [0.1, 0.15) is 0 Å². The summed E-state index contributed by atoms with van der Waals surface area (Å²) in [4.78, 5) is 22.7. The fraction of sp³-hybridized carbons (Fsp3) is 0.385. The smallest absolute Gasteiger partial charge is 0.310 e. The van der Waals surface area contributed by atoms with E-state index < -0.39 is 5.97 Å². The first-order valence-corrected chi connectivity index (χ1v) is 6.46. The van der Waals surface area contributed by atoms with E-state index in [1.807, 2.05) is 38.1 Å². The molecule has 0 aliphatic heterocycles. The molecule has 0 spiro atoms. The first-order chi connectivity index (χ1) is 8.47. The van der Waals surface area contributed by atoms with Crippen LogP contribution in [0.1, 0.15) is 19.4 Å². The van der Waals surface area contributed by atoms with Crippen molar-refractivity contribution in [2.75, 3.05) is 6.61 Å². The Labute approximate surface area is 115 Å². The van der Waals surface area contributed by atoms with E-state index in [4.69, 9.17) is 4.74 Å². The molecule has 1 N–H and O–H groups in total. The second kappa shape index (κ2) is 7.16. The van der Waals surface area contributed by atoms with Gasteiger partial charge in [-0.25, -0.2) is 0 Å². The molecular formula is C13H16BrNO3. The molecule has 0 radical (unpaired) electrons. The molecule has 0 bridgehead atoms. The molecule has 0 saturated carbocycles. The maximum atomic E-state index is 11.5. The lowest BCUT2D eigenvalue weighted by Gasteiger charge is -2.08. The molecule has 0 atom stereocenters. The van der Waals surface area contributed by atoms with Crippen molar-refractivity contribution in [1.82, 2.24) is 5.32 Å². The van der Waals surface area contributed by atoms with Crippen LogP contribution in [0.25, 0.3) is 0 Å². The molecule has 0 aromatic heterocycles. The third-order valence-corrected chi connectivity index (χ3v) is 2.60. The zero-order chi connectivity index (χ0) is 13.5. The summed E-state index contributed by atoms with van der Waals surface area (Å²) in [6, 6.07) is 7.42. The van der Waals surface area contributed by atoms with Crippen LogP contribution in [0.2, 0.25) is 0 Å². The van der Waals surface area contributed by atoms with Crippen molar-refractivity contribution in [1.29, 1.82) is 0 Å². The quantitative estimate of drug-likeness (QED) is 0.847. The Morgan fingerprint density at radius 3 is 2.44 bits per heavy atom. The van der Waals surface area contributed by atoms with Gasteiger partial charge in [0, 0.05) is 10.5 Å². The van der Waals surface area contributed by atoms with E-state index in [0.29, 0.717) is 0 Å². The highest BCUT2D eigenvalue weighted by Gasteiger charge is 2.09. The lowest BCUT2D eigenvalue weighted by molar-refractivity contribution is -0.148. The van der Waals surface area contributed by atoms with Crippen LogP contribution in [0, 0.1) is 0 Å². The fourth-order valence-electron chi connectivity index (χ4n) is 1.33. The highest BCUT2D eigenvalue weighted by Crippen LogP contribution is 2.11. The molecular weight excluding hydrogens is 298 g/mol. The molecule has 18 heavy (non-hydrogen) atoms. The van der Waals surface area contributed by atoms with Crippen molar-refractivity contribution in [3.05, 3.63) is 34.3 Å². The number of rotatable bonds is 5. The summed E-state index contributed by atoms with van der Waals surface area (Å²) in [5.41, 5.74) is 0.854. The van der Waals surface area contributed by atoms with E-state index >= 15 is 0 Å². The Balaban J connectivity index is 2.34. The van der Waals surface area contributed by atoms with Gasteiger partial charge in [0.05, 0.1) is 6.42 Å². The topological polar surface area (TPSA) is 55.4 Å². The summed E-state index contributed by atoms with van der Waals surface area (Å²) < 4.78 is 5.83. The van der Waals surface area contributed by atoms with Gasteiger partial charge >= 0.3 is 5.97 Å². The number of hydrogen-bond donors (Lipinski definition) is 1. The molecule has 5 heteroatoms. The maximum absolute atomic E-state index is 11.5. The highest BCUT2D eigenvalue weighted by atomic mass is 79.9. The predicted octanol–water partition coefficient (Wildman–Crippen LogP) is 2.06. The lowest BCUT2D eigenvalue weighted by Crippen LogP contribution is -2.34. The molecule has 0 aliphatic rings. The Morgan fingerprint density at radius 1 is 1.28 bits per heavy atom. The number of amides is 1. The van der Waals surface area contributed by atoms with Crippen LogP contribution in [0.4, 0.5) is 0 Å². The number of esters is 1. The maximum Gasteiger partial charge on any atom is 0.310 e. The Morgan fingerprint density at radius 2 is 1.89 bits per heavy atom. The second-order valence-electron chi connectivity index (χ2n) is 4.19. The summed E-state index contributed by atoms with van der Waals surface area (Å²) in [6.45, 7) is 3.47. The average molecular weight is 314 g/mol. The highest BCUT2D eigenvalue weighted by molar-refractivity contribution is 9.10. The number of carbonyl (C=O) groups is 2. The van der Waals surface area contributed by atoms with Crippen LogP contribution >= 0.6 is 15.9 Å². The fourth-order valence-corrected chi connectivity index (χ4v) is 1.59. The first-order valence-electron chi connectivity index (χ1n) is 5.67. The van der Waals surface area contributed by atoms with Crippen LogP contribution in [0.15, 0.2) is 28.7 Å². The van der Waals surface area contributed by atoms with Crippen molar-refractivity contribution in [3.8, 4) is 0 Å². The molecule has 0 saturated heterocycles. The average Bonchev–Trinajstić information content (AvgIpc) is 2.29. The Kier molecular flexibility index (Phi) is 5.85. The van der Waals surface area contributed by atoms with E-state index in [9.17, 15) is 9.59 Å². The van der Waals surface area contributed by atoms with Crippen LogP contribution in [-0.4, -0.2) is 24.5 Å². The van der Waals surface area contributed by atoms with E-state index in [-0.39, 0.29) is 25.0 Å². The lowest BCUT2D eigenvalue weighted by atomic mass is 10.2. The largest absolute Gasteiger partial charge is 0.455 e. The van der Waals surface area contributed by atoms with Crippen molar-refractivity contribution >= 4 is 27.8 Å². The number of nitrogens with one attached hydrogen (secondary N) is 1. The molecule has 0 aliphatic carbocycles. The van der Waals surface area contributed by atoms with Crippen molar-refractivity contribution in [3.63, 3.8) is 0 Å². The molecule has 98 valence electrons. The van der Waals surface area contributed by atoms with Crippen molar-refractivity contribution in [2.45, 2.75) is 26.3 Å². The molecule has 1 aromatic rings. The molecule has 1 aromatic carbocycles. The van der Waals surface area contributed by atoms with Gasteiger partial charge in [-0.15, -0.1) is 0 Å². The number of hydrogen-bond acceptors (Lipinski definition) is 3. The minimum absolute atomic E-state index is 0.0441. The monoisotopic (exact) mass is 313 g/mol.